The Balaban J connectivity index is 1.44. The molecule has 0 aliphatic carbocycles. The Morgan fingerprint density at radius 2 is 1.83 bits per heavy atom. The van der Waals surface area contributed by atoms with Crippen molar-refractivity contribution in [2.75, 3.05) is 32.7 Å². The summed E-state index contributed by atoms with van der Waals surface area (Å²) in [5.41, 5.74) is 1.12. The highest BCUT2D eigenvalue weighted by Gasteiger charge is 2.21. The first-order valence-corrected chi connectivity index (χ1v) is 10.7. The number of amides is 2. The van der Waals surface area contributed by atoms with Crippen molar-refractivity contribution < 1.29 is 14.1 Å². The molecule has 1 aromatic carbocycles. The Hall–Kier alpha value is -2.74. The molecule has 0 N–H and O–H groups in total. The van der Waals surface area contributed by atoms with Gasteiger partial charge in [0.1, 0.15) is 0 Å². The van der Waals surface area contributed by atoms with E-state index in [1.165, 1.54) is 0 Å². The molecule has 8 heteroatoms. The van der Waals surface area contributed by atoms with Crippen molar-refractivity contribution in [1.82, 2.24) is 24.8 Å². The van der Waals surface area contributed by atoms with Gasteiger partial charge < -0.3 is 14.3 Å². The Bertz CT molecular complexity index is 815. The summed E-state index contributed by atoms with van der Waals surface area (Å²) in [6, 6.07) is 9.99. The first-order chi connectivity index (χ1) is 14.6. The minimum atomic E-state index is 0.0813. The first kappa shape index (κ1) is 22.0. The molecule has 2 amide bonds. The number of hydrogen-bond acceptors (Lipinski definition) is 6. The average Bonchev–Trinajstić information content (AvgIpc) is 3.23. The van der Waals surface area contributed by atoms with E-state index in [1.54, 1.807) is 0 Å². The summed E-state index contributed by atoms with van der Waals surface area (Å²) in [6.45, 7) is 8.83. The normalized spacial score (nSPS) is 14.7. The monoisotopic (exact) mass is 413 g/mol. The standard InChI is InChI=1S/C22H31N5O3/c1-3-21(28)27-14-12-25(13-15-27)17-19-23-20(30-24-19)10-11-22(29)26(4-2)16-18-8-6-5-7-9-18/h5-9H,3-4,10-17H2,1-2H3. The van der Waals surface area contributed by atoms with Crippen LogP contribution in [-0.4, -0.2) is 69.4 Å². The van der Waals surface area contributed by atoms with Gasteiger partial charge >= 0.3 is 0 Å². The molecular formula is C22H31N5O3. The van der Waals surface area contributed by atoms with Gasteiger partial charge in [0.15, 0.2) is 5.82 Å². The van der Waals surface area contributed by atoms with Crippen molar-refractivity contribution in [3.8, 4) is 0 Å². The molecule has 0 spiro atoms. The molecule has 1 aromatic heterocycles. The minimum absolute atomic E-state index is 0.0813. The second kappa shape index (κ2) is 10.9. The molecule has 30 heavy (non-hydrogen) atoms. The number of aromatic nitrogens is 2. The van der Waals surface area contributed by atoms with Gasteiger partial charge in [0.2, 0.25) is 17.7 Å². The molecule has 1 aliphatic heterocycles. The van der Waals surface area contributed by atoms with E-state index in [4.69, 9.17) is 4.52 Å². The molecule has 2 heterocycles. The smallest absolute Gasteiger partial charge is 0.227 e. The molecule has 0 bridgehead atoms. The lowest BCUT2D eigenvalue weighted by atomic mass is 10.2. The van der Waals surface area contributed by atoms with E-state index in [9.17, 15) is 9.59 Å². The zero-order valence-corrected chi connectivity index (χ0v) is 17.9. The maximum Gasteiger partial charge on any atom is 0.227 e. The number of hydrogen-bond donors (Lipinski definition) is 0. The average molecular weight is 414 g/mol. The van der Waals surface area contributed by atoms with Gasteiger partial charge in [-0.3, -0.25) is 14.5 Å². The molecular weight excluding hydrogens is 382 g/mol. The highest BCUT2D eigenvalue weighted by atomic mass is 16.5. The summed E-state index contributed by atoms with van der Waals surface area (Å²) < 4.78 is 5.34. The molecule has 8 nitrogen and oxygen atoms in total. The number of carbonyl (C=O) groups excluding carboxylic acids is 2. The van der Waals surface area contributed by atoms with E-state index >= 15 is 0 Å². The maximum atomic E-state index is 12.6. The fourth-order valence-electron chi connectivity index (χ4n) is 3.59. The van der Waals surface area contributed by atoms with Crippen molar-refractivity contribution in [3.63, 3.8) is 0 Å². The number of rotatable bonds is 9. The van der Waals surface area contributed by atoms with Crippen LogP contribution < -0.4 is 0 Å². The van der Waals surface area contributed by atoms with Crippen molar-refractivity contribution in [3.05, 3.63) is 47.6 Å². The largest absolute Gasteiger partial charge is 0.340 e. The van der Waals surface area contributed by atoms with Crippen LogP contribution in [0.4, 0.5) is 0 Å². The van der Waals surface area contributed by atoms with Crippen molar-refractivity contribution in [2.45, 2.75) is 46.2 Å². The molecule has 2 aromatic rings. The predicted octanol–water partition coefficient (Wildman–Crippen LogP) is 2.11. The SMILES string of the molecule is CCC(=O)N1CCN(Cc2noc(CCC(=O)N(CC)Cc3ccccc3)n2)CC1. The number of piperazine rings is 1. The predicted molar refractivity (Wildman–Crippen MR) is 112 cm³/mol. The number of aryl methyl sites for hydroxylation is 1. The molecule has 162 valence electrons. The lowest BCUT2D eigenvalue weighted by Gasteiger charge is -2.33. The Labute approximate surface area is 177 Å². The van der Waals surface area contributed by atoms with E-state index in [0.29, 0.717) is 50.6 Å². The summed E-state index contributed by atoms with van der Waals surface area (Å²) in [6.07, 6.45) is 1.34. The quantitative estimate of drug-likeness (QED) is 0.626. The van der Waals surface area contributed by atoms with Gasteiger partial charge in [-0.05, 0) is 12.5 Å². The van der Waals surface area contributed by atoms with Gasteiger partial charge in [-0.1, -0.05) is 42.4 Å². The summed E-state index contributed by atoms with van der Waals surface area (Å²) in [5.74, 6) is 1.41. The first-order valence-electron chi connectivity index (χ1n) is 10.7. The Morgan fingerprint density at radius 3 is 2.50 bits per heavy atom. The van der Waals surface area contributed by atoms with E-state index in [1.807, 2.05) is 54.0 Å². The Kier molecular flexibility index (Phi) is 7.96. The van der Waals surface area contributed by atoms with Crippen LogP contribution in [0.25, 0.3) is 0 Å². The van der Waals surface area contributed by atoms with Gasteiger partial charge in [-0.25, -0.2) is 0 Å². The molecule has 0 radical (unpaired) electrons. The van der Waals surface area contributed by atoms with Crippen LogP contribution in [0.5, 0.6) is 0 Å². The Morgan fingerprint density at radius 1 is 1.10 bits per heavy atom. The lowest BCUT2D eigenvalue weighted by Crippen LogP contribution is -2.48. The zero-order chi connectivity index (χ0) is 21.3. The van der Waals surface area contributed by atoms with Gasteiger partial charge in [0.05, 0.1) is 6.54 Å². The summed E-state index contributed by atoms with van der Waals surface area (Å²) in [4.78, 5) is 34.8. The third kappa shape index (κ3) is 6.13. The maximum absolute atomic E-state index is 12.6. The summed E-state index contributed by atoms with van der Waals surface area (Å²) in [5, 5.41) is 4.06. The van der Waals surface area contributed by atoms with Crippen LogP contribution >= 0.6 is 0 Å². The summed E-state index contributed by atoms with van der Waals surface area (Å²) >= 11 is 0. The van der Waals surface area contributed by atoms with Gasteiger partial charge in [0.25, 0.3) is 0 Å². The number of carbonyl (C=O) groups is 2. The highest BCUT2D eigenvalue weighted by Crippen LogP contribution is 2.11. The third-order valence-corrected chi connectivity index (χ3v) is 5.41. The van der Waals surface area contributed by atoms with E-state index in [2.05, 4.69) is 15.0 Å². The summed E-state index contributed by atoms with van der Waals surface area (Å²) in [7, 11) is 0. The molecule has 0 atom stereocenters. The van der Waals surface area contributed by atoms with Gasteiger partial charge in [-0.2, -0.15) is 4.98 Å². The van der Waals surface area contributed by atoms with Crippen molar-refractivity contribution in [1.29, 1.82) is 0 Å². The molecule has 1 fully saturated rings. The molecule has 1 saturated heterocycles. The number of benzene rings is 1. The fourth-order valence-corrected chi connectivity index (χ4v) is 3.59. The van der Waals surface area contributed by atoms with Crippen molar-refractivity contribution in [2.24, 2.45) is 0 Å². The lowest BCUT2D eigenvalue weighted by molar-refractivity contribution is -0.133. The molecule has 3 rings (SSSR count). The molecule has 0 unspecified atom stereocenters. The number of nitrogens with zero attached hydrogens (tertiary/aromatic N) is 5. The van der Waals surface area contributed by atoms with E-state index < -0.39 is 0 Å². The van der Waals surface area contributed by atoms with Crippen LogP contribution in [0.15, 0.2) is 34.9 Å². The van der Waals surface area contributed by atoms with Crippen LogP contribution in [-0.2, 0) is 29.1 Å². The van der Waals surface area contributed by atoms with Crippen LogP contribution in [0, 0.1) is 0 Å². The van der Waals surface area contributed by atoms with E-state index in [0.717, 1.165) is 31.7 Å². The highest BCUT2D eigenvalue weighted by molar-refractivity contribution is 5.76. The second-order valence-corrected chi connectivity index (χ2v) is 7.51. The topological polar surface area (TPSA) is 82.8 Å². The van der Waals surface area contributed by atoms with Crippen molar-refractivity contribution >= 4 is 11.8 Å². The fraction of sp³-hybridized carbons (Fsp3) is 0.545. The van der Waals surface area contributed by atoms with Crippen LogP contribution in [0.3, 0.4) is 0 Å². The van der Waals surface area contributed by atoms with Crippen LogP contribution in [0.1, 0.15) is 44.0 Å². The van der Waals surface area contributed by atoms with Crippen LogP contribution in [0.2, 0.25) is 0 Å². The second-order valence-electron chi connectivity index (χ2n) is 7.51. The zero-order valence-electron chi connectivity index (χ0n) is 17.9. The molecule has 0 saturated carbocycles. The van der Waals surface area contributed by atoms with Gasteiger partial charge in [0, 0.05) is 58.5 Å². The van der Waals surface area contributed by atoms with Gasteiger partial charge in [-0.15, -0.1) is 0 Å². The third-order valence-electron chi connectivity index (χ3n) is 5.41. The molecule has 1 aliphatic rings. The minimum Gasteiger partial charge on any atom is -0.340 e. The van der Waals surface area contributed by atoms with E-state index in [-0.39, 0.29) is 11.8 Å².